The van der Waals surface area contributed by atoms with Gasteiger partial charge in [0.25, 0.3) is 0 Å². The Balaban J connectivity index is 1.84. The average molecular weight is 375 g/mol. The number of carbonyl (C=O) groups is 1. The molecule has 0 heterocycles. The Hall–Kier alpha value is -1.77. The minimum atomic E-state index is -0.428. The van der Waals surface area contributed by atoms with Gasteiger partial charge in [-0.15, -0.1) is 0 Å². The van der Waals surface area contributed by atoms with Crippen molar-refractivity contribution < 1.29 is 9.53 Å². The molecule has 0 N–H and O–H groups in total. The Morgan fingerprint density at radius 2 is 1.48 bits per heavy atom. The van der Waals surface area contributed by atoms with Gasteiger partial charge in [0, 0.05) is 0 Å². The molecule has 2 aromatic rings. The van der Waals surface area contributed by atoms with Gasteiger partial charge >= 0.3 is 5.97 Å². The standard InChI is InChI=1S/C21H20Cl2O2/c1-21(2)16(13-17(22)23)18(21)20(24)25-19(14-9-5-3-6-10-14)15-11-7-4-8-12-15/h3-13,16,18-19H,1-2H3. The topological polar surface area (TPSA) is 26.3 Å². The number of hydrogen-bond acceptors (Lipinski definition) is 2. The molecule has 1 saturated carbocycles. The molecule has 2 unspecified atom stereocenters. The zero-order chi connectivity index (χ0) is 18.0. The number of esters is 1. The first-order chi connectivity index (χ1) is 11.9. The van der Waals surface area contributed by atoms with E-state index in [1.807, 2.05) is 74.5 Å². The van der Waals surface area contributed by atoms with Gasteiger partial charge in [0.1, 0.15) is 4.49 Å². The lowest BCUT2D eigenvalue weighted by atomic mass is 10.0. The lowest BCUT2D eigenvalue weighted by Crippen LogP contribution is -2.16. The summed E-state index contributed by atoms with van der Waals surface area (Å²) >= 11 is 11.6. The summed E-state index contributed by atoms with van der Waals surface area (Å²) in [5.41, 5.74) is 1.69. The first-order valence-corrected chi connectivity index (χ1v) is 9.00. The second-order valence-electron chi connectivity index (χ2n) is 6.92. The van der Waals surface area contributed by atoms with E-state index in [-0.39, 0.29) is 27.7 Å². The van der Waals surface area contributed by atoms with Crippen LogP contribution in [-0.4, -0.2) is 5.97 Å². The summed E-state index contributed by atoms with van der Waals surface area (Å²) in [4.78, 5) is 12.8. The van der Waals surface area contributed by atoms with Crippen LogP contribution < -0.4 is 0 Å². The van der Waals surface area contributed by atoms with Crippen LogP contribution in [-0.2, 0) is 9.53 Å². The van der Waals surface area contributed by atoms with Gasteiger partial charge in [0.05, 0.1) is 5.92 Å². The summed E-state index contributed by atoms with van der Waals surface area (Å²) in [5.74, 6) is -0.467. The van der Waals surface area contributed by atoms with Gasteiger partial charge < -0.3 is 4.74 Å². The van der Waals surface area contributed by atoms with Crippen LogP contribution in [0.25, 0.3) is 0 Å². The van der Waals surface area contributed by atoms with E-state index < -0.39 is 6.10 Å². The predicted octanol–water partition coefficient (Wildman–Crippen LogP) is 5.91. The van der Waals surface area contributed by atoms with Crippen LogP contribution in [0.15, 0.2) is 71.2 Å². The van der Waals surface area contributed by atoms with E-state index in [4.69, 9.17) is 27.9 Å². The van der Waals surface area contributed by atoms with Crippen LogP contribution in [0.2, 0.25) is 0 Å². The summed E-state index contributed by atoms with van der Waals surface area (Å²) in [6.45, 7) is 4.05. The molecule has 2 atom stereocenters. The van der Waals surface area contributed by atoms with Crippen molar-refractivity contribution in [2.24, 2.45) is 17.3 Å². The zero-order valence-electron chi connectivity index (χ0n) is 14.2. The highest BCUT2D eigenvalue weighted by atomic mass is 35.5. The predicted molar refractivity (Wildman–Crippen MR) is 101 cm³/mol. The van der Waals surface area contributed by atoms with E-state index in [1.54, 1.807) is 6.08 Å². The van der Waals surface area contributed by atoms with Gasteiger partial charge in [-0.3, -0.25) is 4.79 Å². The second kappa shape index (κ2) is 7.23. The maximum absolute atomic E-state index is 12.8. The molecule has 0 bridgehead atoms. The molecule has 1 fully saturated rings. The largest absolute Gasteiger partial charge is 0.452 e. The lowest BCUT2D eigenvalue weighted by molar-refractivity contribution is -0.150. The molecule has 1 aliphatic rings. The number of benzene rings is 2. The first kappa shape index (κ1) is 18.0. The van der Waals surface area contributed by atoms with E-state index in [9.17, 15) is 4.79 Å². The van der Waals surface area contributed by atoms with Crippen molar-refractivity contribution in [3.8, 4) is 0 Å². The van der Waals surface area contributed by atoms with Gasteiger partial charge in [-0.1, -0.05) is 97.7 Å². The summed E-state index contributed by atoms with van der Waals surface area (Å²) in [7, 11) is 0. The Bertz CT molecular complexity index is 725. The molecule has 3 rings (SSSR count). The monoisotopic (exact) mass is 374 g/mol. The van der Waals surface area contributed by atoms with Gasteiger partial charge in [-0.25, -0.2) is 0 Å². The molecule has 2 nitrogen and oxygen atoms in total. The molecule has 0 aromatic heterocycles. The van der Waals surface area contributed by atoms with Gasteiger partial charge in [-0.05, 0) is 28.5 Å². The molecule has 25 heavy (non-hydrogen) atoms. The van der Waals surface area contributed by atoms with E-state index in [0.29, 0.717) is 0 Å². The summed E-state index contributed by atoms with van der Waals surface area (Å²) in [6, 6.07) is 19.5. The number of allylic oxidation sites excluding steroid dienone is 1. The molecule has 0 saturated heterocycles. The van der Waals surface area contributed by atoms with E-state index >= 15 is 0 Å². The second-order valence-corrected chi connectivity index (χ2v) is 7.93. The van der Waals surface area contributed by atoms with Crippen LogP contribution >= 0.6 is 23.2 Å². The number of ether oxygens (including phenoxy) is 1. The average Bonchev–Trinajstić information content (AvgIpc) is 3.13. The molecule has 0 spiro atoms. The highest BCUT2D eigenvalue weighted by Gasteiger charge is 2.62. The van der Waals surface area contributed by atoms with Crippen molar-refractivity contribution in [1.29, 1.82) is 0 Å². The van der Waals surface area contributed by atoms with Gasteiger partial charge in [0.15, 0.2) is 6.10 Å². The SMILES string of the molecule is CC1(C)C(C=C(Cl)Cl)C1C(=O)OC(c1ccccc1)c1ccccc1. The van der Waals surface area contributed by atoms with Gasteiger partial charge in [0.2, 0.25) is 0 Å². The molecular weight excluding hydrogens is 355 g/mol. The smallest absolute Gasteiger partial charge is 0.311 e. The molecule has 2 aromatic carbocycles. The van der Waals surface area contributed by atoms with E-state index in [0.717, 1.165) is 11.1 Å². The third-order valence-corrected chi connectivity index (χ3v) is 5.16. The van der Waals surface area contributed by atoms with Crippen LogP contribution in [0, 0.1) is 17.3 Å². The first-order valence-electron chi connectivity index (χ1n) is 8.24. The number of halogens is 2. The molecule has 1 aliphatic carbocycles. The molecule has 0 amide bonds. The Labute approximate surface area is 158 Å². The van der Waals surface area contributed by atoms with E-state index in [1.165, 1.54) is 0 Å². The number of hydrogen-bond donors (Lipinski definition) is 0. The Morgan fingerprint density at radius 1 is 1.00 bits per heavy atom. The minimum absolute atomic E-state index is 0.00260. The van der Waals surface area contributed by atoms with Crippen LogP contribution in [0.1, 0.15) is 31.1 Å². The summed E-state index contributed by atoms with van der Waals surface area (Å²) < 4.78 is 6.13. The number of carbonyl (C=O) groups excluding carboxylic acids is 1. The molecule has 0 aliphatic heterocycles. The van der Waals surface area contributed by atoms with Crippen molar-refractivity contribution in [2.45, 2.75) is 20.0 Å². The number of rotatable bonds is 5. The van der Waals surface area contributed by atoms with Crippen molar-refractivity contribution in [2.75, 3.05) is 0 Å². The third kappa shape index (κ3) is 3.91. The highest BCUT2D eigenvalue weighted by molar-refractivity contribution is 6.55. The van der Waals surface area contributed by atoms with Crippen LogP contribution in [0.4, 0.5) is 0 Å². The summed E-state index contributed by atoms with van der Waals surface area (Å²) in [6.07, 6.45) is 1.30. The van der Waals surface area contributed by atoms with Crippen molar-refractivity contribution in [1.82, 2.24) is 0 Å². The van der Waals surface area contributed by atoms with Crippen LogP contribution in [0.3, 0.4) is 0 Å². The highest BCUT2D eigenvalue weighted by Crippen LogP contribution is 2.60. The minimum Gasteiger partial charge on any atom is -0.452 e. The Kier molecular flexibility index (Phi) is 5.21. The zero-order valence-corrected chi connectivity index (χ0v) is 15.7. The Morgan fingerprint density at radius 3 is 1.92 bits per heavy atom. The maximum Gasteiger partial charge on any atom is 0.311 e. The fourth-order valence-electron chi connectivity index (χ4n) is 3.35. The third-order valence-electron chi connectivity index (χ3n) is 4.91. The normalized spacial score (nSPS) is 20.8. The van der Waals surface area contributed by atoms with Gasteiger partial charge in [-0.2, -0.15) is 0 Å². The van der Waals surface area contributed by atoms with Crippen molar-refractivity contribution >= 4 is 29.2 Å². The fraction of sp³-hybridized carbons (Fsp3) is 0.286. The summed E-state index contributed by atoms with van der Waals surface area (Å²) in [5, 5.41) is 0. The molecular formula is C21H20Cl2O2. The molecule has 130 valence electrons. The van der Waals surface area contributed by atoms with Crippen LogP contribution in [0.5, 0.6) is 0 Å². The van der Waals surface area contributed by atoms with E-state index in [2.05, 4.69) is 0 Å². The quantitative estimate of drug-likeness (QED) is 0.607. The lowest BCUT2D eigenvalue weighted by Gasteiger charge is -2.19. The maximum atomic E-state index is 12.8. The van der Waals surface area contributed by atoms with Crippen molar-refractivity contribution in [3.05, 3.63) is 82.4 Å². The molecule has 4 heteroatoms. The molecule has 0 radical (unpaired) electrons. The van der Waals surface area contributed by atoms with Crippen molar-refractivity contribution in [3.63, 3.8) is 0 Å². The fourth-order valence-corrected chi connectivity index (χ4v) is 3.62.